The highest BCUT2D eigenvalue weighted by Crippen LogP contribution is 2.27. The van der Waals surface area contributed by atoms with Crippen molar-refractivity contribution in [1.82, 2.24) is 5.32 Å². The first-order valence-corrected chi connectivity index (χ1v) is 8.36. The second kappa shape index (κ2) is 8.55. The smallest absolute Gasteiger partial charge is 0.262 e. The van der Waals surface area contributed by atoms with Gasteiger partial charge in [0.05, 0.1) is 6.42 Å². The maximum absolute atomic E-state index is 12.2. The van der Waals surface area contributed by atoms with Gasteiger partial charge in [-0.15, -0.1) is 0 Å². The van der Waals surface area contributed by atoms with Gasteiger partial charge in [0.15, 0.2) is 0 Å². The third kappa shape index (κ3) is 6.40. The fraction of sp³-hybridized carbons (Fsp3) is 0.235. The highest BCUT2D eigenvalue weighted by atomic mass is 35.6. The molecule has 0 aliphatic carbocycles. The van der Waals surface area contributed by atoms with E-state index in [-0.39, 0.29) is 12.3 Å². The number of nitrogens with two attached hydrogens (primary N) is 1. The molecule has 0 saturated carbocycles. The molecular formula is C17H18Cl3N2O+. The highest BCUT2D eigenvalue weighted by molar-refractivity contribution is 6.68. The number of hydrogen-bond donors (Lipinski definition) is 2. The van der Waals surface area contributed by atoms with Gasteiger partial charge >= 0.3 is 0 Å². The van der Waals surface area contributed by atoms with Crippen molar-refractivity contribution >= 4 is 40.7 Å². The van der Waals surface area contributed by atoms with Crippen LogP contribution in [0, 0.1) is 0 Å². The second-order valence-electron chi connectivity index (χ2n) is 5.17. The number of nitrogens with one attached hydrogen (secondary N) is 1. The van der Waals surface area contributed by atoms with Gasteiger partial charge in [0.25, 0.3) is 3.79 Å². The highest BCUT2D eigenvalue weighted by Gasteiger charge is 2.37. The van der Waals surface area contributed by atoms with Crippen LogP contribution in [0.25, 0.3) is 0 Å². The third-order valence-electron chi connectivity index (χ3n) is 3.31. The third-order valence-corrected chi connectivity index (χ3v) is 4.01. The van der Waals surface area contributed by atoms with E-state index in [1.165, 1.54) is 0 Å². The van der Waals surface area contributed by atoms with Crippen molar-refractivity contribution in [2.24, 2.45) is 0 Å². The summed E-state index contributed by atoms with van der Waals surface area (Å²) in [6.07, 6.45) is -0.416. The molecule has 0 spiro atoms. The Kier molecular flexibility index (Phi) is 6.72. The maximum atomic E-state index is 12.2. The van der Waals surface area contributed by atoms with E-state index in [2.05, 4.69) is 5.32 Å². The molecule has 1 unspecified atom stereocenters. The predicted molar refractivity (Wildman–Crippen MR) is 94.4 cm³/mol. The molecule has 0 bridgehead atoms. The van der Waals surface area contributed by atoms with Gasteiger partial charge in [-0.3, -0.25) is 4.79 Å². The first kappa shape index (κ1) is 18.1. The Morgan fingerprint density at radius 1 is 0.957 bits per heavy atom. The zero-order chi connectivity index (χ0) is 16.7. The first-order chi connectivity index (χ1) is 10.9. The molecule has 0 fully saturated rings. The number of carbonyl (C=O) groups excluding carboxylic acids is 1. The molecule has 0 aliphatic rings. The lowest BCUT2D eigenvalue weighted by molar-refractivity contribution is -0.707. The van der Waals surface area contributed by atoms with Gasteiger partial charge in [0.2, 0.25) is 12.1 Å². The number of benzene rings is 2. The Labute approximate surface area is 150 Å². The number of hydrogen-bond acceptors (Lipinski definition) is 1. The van der Waals surface area contributed by atoms with E-state index in [9.17, 15) is 4.79 Å². The molecule has 122 valence electrons. The summed E-state index contributed by atoms with van der Waals surface area (Å²) in [5, 5.41) is 4.60. The summed E-state index contributed by atoms with van der Waals surface area (Å²) < 4.78 is -1.60. The van der Waals surface area contributed by atoms with Crippen molar-refractivity contribution in [1.29, 1.82) is 0 Å². The van der Waals surface area contributed by atoms with Crippen LogP contribution in [0.3, 0.4) is 0 Å². The van der Waals surface area contributed by atoms with Crippen LogP contribution in [0.2, 0.25) is 0 Å². The fourth-order valence-corrected chi connectivity index (χ4v) is 2.58. The molecule has 0 aromatic heterocycles. The number of halogens is 3. The van der Waals surface area contributed by atoms with Crippen LogP contribution in [0.4, 0.5) is 0 Å². The fourth-order valence-electron chi connectivity index (χ4n) is 2.15. The van der Waals surface area contributed by atoms with E-state index in [0.29, 0.717) is 6.54 Å². The summed E-state index contributed by atoms with van der Waals surface area (Å²) in [5.41, 5.74) is 2.00. The molecule has 6 heteroatoms. The van der Waals surface area contributed by atoms with Gasteiger partial charge < -0.3 is 10.6 Å². The molecule has 0 heterocycles. The van der Waals surface area contributed by atoms with Crippen LogP contribution >= 0.6 is 34.8 Å². The minimum atomic E-state index is -1.60. The van der Waals surface area contributed by atoms with E-state index in [1.54, 1.807) is 0 Å². The summed E-state index contributed by atoms with van der Waals surface area (Å²) in [4.78, 5) is 12.2. The zero-order valence-corrected chi connectivity index (χ0v) is 14.7. The predicted octanol–water partition coefficient (Wildman–Crippen LogP) is 2.81. The molecule has 1 amide bonds. The molecule has 0 aliphatic heterocycles. The van der Waals surface area contributed by atoms with Gasteiger partial charge in [-0.25, -0.2) is 0 Å². The van der Waals surface area contributed by atoms with Gasteiger partial charge in [0, 0.05) is 5.56 Å². The largest absolute Gasteiger partial charge is 0.319 e. The van der Waals surface area contributed by atoms with Crippen molar-refractivity contribution in [3.8, 4) is 0 Å². The van der Waals surface area contributed by atoms with Crippen molar-refractivity contribution < 1.29 is 10.1 Å². The van der Waals surface area contributed by atoms with Crippen LogP contribution in [0.15, 0.2) is 60.7 Å². The number of rotatable bonds is 6. The van der Waals surface area contributed by atoms with Gasteiger partial charge in [0.1, 0.15) is 6.54 Å². The van der Waals surface area contributed by atoms with E-state index in [4.69, 9.17) is 34.8 Å². The molecule has 2 aromatic carbocycles. The zero-order valence-electron chi connectivity index (χ0n) is 12.4. The van der Waals surface area contributed by atoms with Crippen molar-refractivity contribution in [3.05, 3.63) is 71.8 Å². The number of carbonyl (C=O) groups is 1. The number of alkyl halides is 3. The average Bonchev–Trinajstić information content (AvgIpc) is 2.52. The van der Waals surface area contributed by atoms with Crippen LogP contribution in [-0.4, -0.2) is 15.9 Å². The standard InChI is InChI=1S/C17H17Cl3N2O/c18-17(19,20)16(21-12-14-9-5-2-6-10-14)22-15(23)11-13-7-3-1-4-8-13/h1-10,16,21H,11-12H2,(H,22,23)/p+1. The van der Waals surface area contributed by atoms with Crippen LogP contribution in [0.1, 0.15) is 11.1 Å². The Balaban J connectivity index is 1.94. The average molecular weight is 373 g/mol. The molecular weight excluding hydrogens is 355 g/mol. The van der Waals surface area contributed by atoms with E-state index < -0.39 is 9.96 Å². The quantitative estimate of drug-likeness (QED) is 0.594. The topological polar surface area (TPSA) is 45.7 Å². The maximum Gasteiger partial charge on any atom is 0.262 e. The number of quaternary nitrogens is 1. The minimum absolute atomic E-state index is 0.183. The Bertz CT molecular complexity index is 615. The van der Waals surface area contributed by atoms with Crippen molar-refractivity contribution in [3.63, 3.8) is 0 Å². The lowest BCUT2D eigenvalue weighted by Gasteiger charge is -2.23. The molecule has 23 heavy (non-hydrogen) atoms. The van der Waals surface area contributed by atoms with Crippen molar-refractivity contribution in [2.75, 3.05) is 0 Å². The Hall–Kier alpha value is -1.26. The minimum Gasteiger partial charge on any atom is -0.319 e. The molecule has 2 aromatic rings. The van der Waals surface area contributed by atoms with Crippen molar-refractivity contribution in [2.45, 2.75) is 22.9 Å². The van der Waals surface area contributed by atoms with Crippen LogP contribution < -0.4 is 10.6 Å². The molecule has 1 atom stereocenters. The first-order valence-electron chi connectivity index (χ1n) is 7.22. The molecule has 3 N–H and O–H groups in total. The SMILES string of the molecule is O=C(Cc1ccccc1)NC([NH2+]Cc1ccccc1)C(Cl)(Cl)Cl. The second-order valence-corrected chi connectivity index (χ2v) is 7.54. The van der Waals surface area contributed by atoms with Gasteiger partial charge in [-0.1, -0.05) is 95.5 Å². The van der Waals surface area contributed by atoms with E-state index >= 15 is 0 Å². The van der Waals surface area contributed by atoms with Gasteiger partial charge in [-0.05, 0) is 5.56 Å². The lowest BCUT2D eigenvalue weighted by atomic mass is 10.1. The number of amides is 1. The monoisotopic (exact) mass is 371 g/mol. The summed E-state index contributed by atoms with van der Waals surface area (Å²) in [5.74, 6) is -0.183. The molecule has 2 rings (SSSR count). The summed E-state index contributed by atoms with van der Waals surface area (Å²) in [6, 6.07) is 19.2. The van der Waals surface area contributed by atoms with E-state index in [1.807, 2.05) is 66.0 Å². The molecule has 3 nitrogen and oxygen atoms in total. The summed E-state index contributed by atoms with van der Waals surface area (Å²) in [6.45, 7) is 0.602. The summed E-state index contributed by atoms with van der Waals surface area (Å²) >= 11 is 18.0. The normalized spacial score (nSPS) is 12.7. The van der Waals surface area contributed by atoms with Crippen LogP contribution in [-0.2, 0) is 17.8 Å². The Morgan fingerprint density at radius 2 is 1.48 bits per heavy atom. The summed E-state index contributed by atoms with van der Waals surface area (Å²) in [7, 11) is 0. The van der Waals surface area contributed by atoms with E-state index in [0.717, 1.165) is 11.1 Å². The van der Waals surface area contributed by atoms with Gasteiger partial charge in [-0.2, -0.15) is 0 Å². The molecule has 0 radical (unpaired) electrons. The molecule has 0 saturated heterocycles. The Morgan fingerprint density at radius 3 is 2.00 bits per heavy atom. The van der Waals surface area contributed by atoms with Crippen LogP contribution in [0.5, 0.6) is 0 Å². The lowest BCUT2D eigenvalue weighted by Crippen LogP contribution is -2.95.